The zero-order chi connectivity index (χ0) is 60.6. The molecular formula is C64H81N5O14. The Morgan fingerprint density at radius 2 is 1.28 bits per heavy atom. The number of fused-ring (bicyclic) bond motifs is 5. The minimum absolute atomic E-state index is 0.0323. The Morgan fingerprint density at radius 3 is 1.88 bits per heavy atom. The van der Waals surface area contributed by atoms with Gasteiger partial charge < -0.3 is 44.6 Å². The van der Waals surface area contributed by atoms with Crippen LogP contribution in [0.15, 0.2) is 84.9 Å². The highest BCUT2D eigenvalue weighted by Gasteiger charge is 2.39. The molecule has 0 saturated carbocycles. The Hall–Kier alpha value is -8.09. The van der Waals surface area contributed by atoms with Crippen LogP contribution in [-0.4, -0.2) is 114 Å². The van der Waals surface area contributed by atoms with E-state index in [0.29, 0.717) is 45.1 Å². The van der Waals surface area contributed by atoms with Crippen molar-refractivity contribution in [1.29, 1.82) is 0 Å². The molecule has 2 aliphatic heterocycles. The number of ether oxygens (including phenoxy) is 4. The van der Waals surface area contributed by atoms with Crippen LogP contribution in [0.25, 0.3) is 22.3 Å². The first-order valence-electron chi connectivity index (χ1n) is 28.7. The lowest BCUT2D eigenvalue weighted by Gasteiger charge is -2.32. The number of imide groups is 1. The van der Waals surface area contributed by atoms with Crippen molar-refractivity contribution in [2.75, 3.05) is 33.4 Å². The number of rotatable bonds is 22. The van der Waals surface area contributed by atoms with Crippen molar-refractivity contribution in [3.8, 4) is 33.8 Å². The second-order valence-corrected chi connectivity index (χ2v) is 23.2. The van der Waals surface area contributed by atoms with Gasteiger partial charge in [0.1, 0.15) is 41.4 Å². The normalized spacial score (nSPS) is 16.9. The predicted octanol–water partition coefficient (Wildman–Crippen LogP) is 9.99. The summed E-state index contributed by atoms with van der Waals surface area (Å²) >= 11 is 0. The molecule has 446 valence electrons. The van der Waals surface area contributed by atoms with E-state index in [1.165, 1.54) is 24.4 Å². The van der Waals surface area contributed by atoms with Crippen molar-refractivity contribution in [3.63, 3.8) is 0 Å². The fourth-order valence-electron chi connectivity index (χ4n) is 9.64. The highest BCUT2D eigenvalue weighted by molar-refractivity contribution is 6.02. The number of hydrogen-bond acceptors (Lipinski definition) is 14. The van der Waals surface area contributed by atoms with Crippen LogP contribution in [0.4, 0.5) is 9.59 Å². The van der Waals surface area contributed by atoms with Gasteiger partial charge >= 0.3 is 18.2 Å². The number of carbonyl (C=O) groups excluding carboxylic acids is 9. The van der Waals surface area contributed by atoms with E-state index in [0.717, 1.165) is 30.4 Å². The summed E-state index contributed by atoms with van der Waals surface area (Å²) in [5.74, 6) is -6.18. The number of likely N-dealkylation sites (N-methyl/N-ethyl adjacent to an activating group) is 1. The van der Waals surface area contributed by atoms with Gasteiger partial charge in [0.15, 0.2) is 11.6 Å². The largest absolute Gasteiger partial charge is 0.493 e. The van der Waals surface area contributed by atoms with Crippen LogP contribution in [0.2, 0.25) is 0 Å². The molecule has 6 amide bonds. The average molecular weight is 1140 g/mol. The number of Topliss-reactive ketones (excluding diaryl/α,β-unsaturated/α-hetero) is 2. The predicted molar refractivity (Wildman–Crippen MR) is 311 cm³/mol. The molecule has 2 aliphatic rings. The summed E-state index contributed by atoms with van der Waals surface area (Å²) in [5, 5.41) is 8.50. The number of carbonyl (C=O) groups is 9. The molecule has 83 heavy (non-hydrogen) atoms. The molecular weight excluding hydrogens is 1060 g/mol. The number of aryl methyl sites for hydroxylation is 1. The van der Waals surface area contributed by atoms with Gasteiger partial charge in [-0.1, -0.05) is 87.9 Å². The zero-order valence-corrected chi connectivity index (χ0v) is 49.6. The van der Waals surface area contributed by atoms with Crippen molar-refractivity contribution >= 4 is 53.4 Å². The minimum Gasteiger partial charge on any atom is -0.493 e. The van der Waals surface area contributed by atoms with Crippen molar-refractivity contribution < 1.29 is 66.9 Å². The van der Waals surface area contributed by atoms with E-state index >= 15 is 9.59 Å². The summed E-state index contributed by atoms with van der Waals surface area (Å²) in [6.07, 6.45) is 1.65. The Morgan fingerprint density at radius 1 is 0.699 bits per heavy atom. The van der Waals surface area contributed by atoms with E-state index in [9.17, 15) is 33.6 Å². The number of hydrogen-bond donors (Lipinski definition) is 3. The lowest BCUT2D eigenvalue weighted by molar-refractivity contribution is -0.199. The van der Waals surface area contributed by atoms with Gasteiger partial charge in [-0.3, -0.25) is 28.8 Å². The summed E-state index contributed by atoms with van der Waals surface area (Å²) in [5.41, 5.74) is 3.64. The molecule has 0 unspecified atom stereocenters. The fourth-order valence-corrected chi connectivity index (χ4v) is 9.64. The zero-order valence-electron chi connectivity index (χ0n) is 49.6. The molecule has 19 nitrogen and oxygen atoms in total. The Balaban J connectivity index is 1.40. The summed E-state index contributed by atoms with van der Waals surface area (Å²) in [6.45, 7) is 16.4. The van der Waals surface area contributed by atoms with Crippen LogP contribution < -0.4 is 25.4 Å². The second kappa shape index (κ2) is 29.2. The smallest absolute Gasteiger partial charge is 0.407 e. The van der Waals surface area contributed by atoms with Gasteiger partial charge in [0.2, 0.25) is 11.8 Å². The van der Waals surface area contributed by atoms with Gasteiger partial charge in [0.05, 0.1) is 13.2 Å². The monoisotopic (exact) mass is 1140 g/mol. The van der Waals surface area contributed by atoms with Gasteiger partial charge in [0.25, 0.3) is 11.8 Å². The number of amides is 6. The van der Waals surface area contributed by atoms with E-state index in [-0.39, 0.29) is 76.4 Å². The molecule has 0 radical (unpaired) electrons. The first kappa shape index (κ1) is 64.1. The Kier molecular flexibility index (Phi) is 22.6. The third kappa shape index (κ3) is 18.7. The first-order valence-corrected chi connectivity index (χ1v) is 28.7. The summed E-state index contributed by atoms with van der Waals surface area (Å²) in [7, 11) is 1.47. The van der Waals surface area contributed by atoms with Crippen molar-refractivity contribution in [3.05, 3.63) is 107 Å². The van der Waals surface area contributed by atoms with Crippen LogP contribution in [0.5, 0.6) is 11.5 Å². The minimum atomic E-state index is -1.48. The fraction of sp³-hybridized carbons (Fsp3) is 0.484. The topological polar surface area (TPSA) is 242 Å². The van der Waals surface area contributed by atoms with E-state index in [2.05, 4.69) is 47.1 Å². The van der Waals surface area contributed by atoms with Crippen molar-refractivity contribution in [2.24, 2.45) is 11.8 Å². The van der Waals surface area contributed by atoms with E-state index in [1.807, 2.05) is 19.1 Å². The Bertz CT molecular complexity index is 2960. The van der Waals surface area contributed by atoms with Crippen LogP contribution in [0.3, 0.4) is 0 Å². The highest BCUT2D eigenvalue weighted by atomic mass is 16.7. The van der Waals surface area contributed by atoms with Crippen LogP contribution in [0.1, 0.15) is 153 Å². The van der Waals surface area contributed by atoms with Gasteiger partial charge in [-0.05, 0) is 126 Å². The lowest BCUT2D eigenvalue weighted by Crippen LogP contribution is -2.48. The average Bonchev–Trinajstić information content (AvgIpc) is 3.66. The van der Waals surface area contributed by atoms with Crippen molar-refractivity contribution in [1.82, 2.24) is 25.9 Å². The maximum Gasteiger partial charge on any atom is 0.407 e. The highest BCUT2D eigenvalue weighted by Crippen LogP contribution is 2.41. The molecule has 19 heteroatoms. The molecule has 0 aliphatic carbocycles. The van der Waals surface area contributed by atoms with E-state index in [1.54, 1.807) is 90.1 Å². The number of ketones is 2. The summed E-state index contributed by atoms with van der Waals surface area (Å²) in [6, 6.07) is 22.7. The Labute approximate surface area is 486 Å². The van der Waals surface area contributed by atoms with Gasteiger partial charge in [-0.25, -0.2) is 14.4 Å². The number of alkyl carbamates (subject to hydrolysis) is 2. The lowest BCUT2D eigenvalue weighted by atomic mass is 9.88. The third-order valence-electron chi connectivity index (χ3n) is 13.9. The van der Waals surface area contributed by atoms with Crippen LogP contribution >= 0.6 is 0 Å². The third-order valence-corrected chi connectivity index (χ3v) is 13.9. The molecule has 4 bridgehead atoms. The molecule has 4 aromatic rings. The van der Waals surface area contributed by atoms with Crippen LogP contribution in [0, 0.1) is 11.8 Å². The van der Waals surface area contributed by atoms with Gasteiger partial charge in [0, 0.05) is 74.2 Å². The standard InChI is InChI=1S/C64H81N5O14/c1-11-13-15-41-17-20-43(21-18-41)44-22-24-45(25-23-44)51(70)39-47(16-14-31-65-61(77)81-63(4,5)6)59(75)68(10)57-46-26-28-54(79-33-12-2)49(38-46)48-36-42(19-27-53(48)80-34-32-66-62(78)82-64(7,8)9)37-50(67-58(74)40(3)35-52(57)71)60(76)83-69-55(72)29-30-56(69)73/h17-28,36,38,40,47,50,57H,11-16,29-35,37,39H2,1-10H3,(H,65,77)(H,66,78)(H,67,74)/t40-,47-,50+,57+/m1/s1. The number of nitrogens with zero attached hydrogens (tertiary/aromatic N) is 2. The maximum atomic E-state index is 15.3. The molecule has 4 atom stereocenters. The number of hydroxylamine groups is 2. The van der Waals surface area contributed by atoms with Gasteiger partial charge in [-0.2, -0.15) is 0 Å². The molecule has 2 heterocycles. The molecule has 1 saturated heterocycles. The molecule has 3 N–H and O–H groups in total. The summed E-state index contributed by atoms with van der Waals surface area (Å²) in [4.78, 5) is 130. The van der Waals surface area contributed by atoms with E-state index < -0.39 is 89.1 Å². The van der Waals surface area contributed by atoms with E-state index in [4.69, 9.17) is 23.8 Å². The molecule has 0 spiro atoms. The van der Waals surface area contributed by atoms with Crippen molar-refractivity contribution in [2.45, 2.75) is 156 Å². The molecule has 4 aromatic carbocycles. The van der Waals surface area contributed by atoms with Gasteiger partial charge in [-0.15, -0.1) is 5.06 Å². The number of benzene rings is 4. The SMILES string of the molecule is CCCCc1ccc(-c2ccc(C(=O)C[C@@H](CCCNC(=O)OC(C)(C)C)C(=O)N(C)[C@@H]3C(=O)C[C@@H](C)C(=O)N[C@H](C(=O)ON4C(=O)CCC4=O)Cc4ccc(OCCNC(=O)OC(C)(C)C)c(c4)-c4cc3ccc4OCCC)cc2)cc1. The molecule has 6 rings (SSSR count). The first-order chi connectivity index (χ1) is 39.3. The second-order valence-electron chi connectivity index (χ2n) is 23.2. The maximum absolute atomic E-state index is 15.3. The molecule has 0 aromatic heterocycles. The number of unbranched alkanes of at least 4 members (excludes halogenated alkanes) is 1. The number of nitrogens with one attached hydrogen (secondary N) is 3. The summed E-state index contributed by atoms with van der Waals surface area (Å²) < 4.78 is 23.5. The molecule has 1 fully saturated rings. The van der Waals surface area contributed by atoms with Crippen LogP contribution in [-0.2, 0) is 55.9 Å². The quantitative estimate of drug-likeness (QED) is 0.0377.